The summed E-state index contributed by atoms with van der Waals surface area (Å²) in [5.74, 6) is 1.08. The molecule has 1 fully saturated rings. The zero-order valence-electron chi connectivity index (χ0n) is 15.1. The number of nitrogens with two attached hydrogens (primary N) is 1. The van der Waals surface area contributed by atoms with Crippen LogP contribution in [-0.2, 0) is 6.54 Å². The maximum atomic E-state index is 12.8. The zero-order valence-corrected chi connectivity index (χ0v) is 16.6. The summed E-state index contributed by atoms with van der Waals surface area (Å²) in [4.78, 5) is 25.8. The Morgan fingerprint density at radius 2 is 1.75 bits per heavy atom. The molecule has 0 spiro atoms. The summed E-state index contributed by atoms with van der Waals surface area (Å²) in [5.41, 5.74) is 7.35. The van der Waals surface area contributed by atoms with E-state index in [2.05, 4.69) is 14.9 Å². The molecule has 6 nitrogen and oxygen atoms in total. The van der Waals surface area contributed by atoms with Crippen LogP contribution >= 0.6 is 23.2 Å². The Bertz CT molecular complexity index is 1030. The maximum absolute atomic E-state index is 12.8. The van der Waals surface area contributed by atoms with Gasteiger partial charge in [0.05, 0.1) is 27.7 Å². The molecular weight excluding hydrogens is 397 g/mol. The molecule has 1 saturated heterocycles. The molecule has 4 rings (SSSR count). The highest BCUT2D eigenvalue weighted by atomic mass is 35.5. The fourth-order valence-corrected chi connectivity index (χ4v) is 3.75. The Hall–Kier alpha value is -2.41. The summed E-state index contributed by atoms with van der Waals surface area (Å²) in [6.45, 7) is 3.24. The highest BCUT2D eigenvalue weighted by Crippen LogP contribution is 2.27. The summed E-state index contributed by atoms with van der Waals surface area (Å²) >= 11 is 12.2. The van der Waals surface area contributed by atoms with E-state index in [1.807, 2.05) is 24.3 Å². The number of hydrogen-bond donors (Lipinski definition) is 1. The minimum absolute atomic E-state index is 0.0988. The Morgan fingerprint density at radius 1 is 1.00 bits per heavy atom. The molecule has 0 radical (unpaired) electrons. The fraction of sp³-hybridized carbons (Fsp3) is 0.250. The van der Waals surface area contributed by atoms with Gasteiger partial charge in [0, 0.05) is 31.6 Å². The van der Waals surface area contributed by atoms with Gasteiger partial charge in [-0.3, -0.25) is 9.69 Å². The van der Waals surface area contributed by atoms with Gasteiger partial charge in [-0.15, -0.1) is 0 Å². The molecule has 1 aliphatic heterocycles. The first-order chi connectivity index (χ1) is 13.5. The van der Waals surface area contributed by atoms with Gasteiger partial charge in [-0.1, -0.05) is 41.4 Å². The molecule has 28 heavy (non-hydrogen) atoms. The molecule has 8 heteroatoms. The Labute approximate surface area is 172 Å². The van der Waals surface area contributed by atoms with Crippen molar-refractivity contribution in [1.82, 2.24) is 19.8 Å². The van der Waals surface area contributed by atoms with Crippen LogP contribution in [0.25, 0.3) is 10.9 Å². The molecule has 2 heterocycles. The number of nitrogen functional groups attached to an aromatic ring is 1. The zero-order chi connectivity index (χ0) is 19.7. The first-order valence-corrected chi connectivity index (χ1v) is 9.75. The standard InChI is InChI=1S/C20H19Cl2N5O/c21-15-6-3-5-14(18(15)22)20(28)27-10-8-26(9-11-27)12-17-24-16-7-2-1-4-13(16)19(23)25-17/h1-7H,8-12H2,(H2,23,24,25). The van der Waals surface area contributed by atoms with Gasteiger partial charge in [-0.25, -0.2) is 9.97 Å². The summed E-state index contributed by atoms with van der Waals surface area (Å²) < 4.78 is 0. The number of anilines is 1. The molecule has 0 unspecified atom stereocenters. The maximum Gasteiger partial charge on any atom is 0.255 e. The lowest BCUT2D eigenvalue weighted by molar-refractivity contribution is 0.0626. The van der Waals surface area contributed by atoms with E-state index in [0.29, 0.717) is 46.9 Å². The van der Waals surface area contributed by atoms with Gasteiger partial charge >= 0.3 is 0 Å². The summed E-state index contributed by atoms with van der Waals surface area (Å²) in [5, 5.41) is 1.55. The molecule has 144 valence electrons. The second kappa shape index (κ2) is 7.91. The van der Waals surface area contributed by atoms with Crippen molar-refractivity contribution in [1.29, 1.82) is 0 Å². The van der Waals surface area contributed by atoms with Crippen LogP contribution in [0.5, 0.6) is 0 Å². The Balaban J connectivity index is 1.42. The predicted octanol–water partition coefficient (Wildman–Crippen LogP) is 3.48. The molecule has 1 aliphatic rings. The van der Waals surface area contributed by atoms with Crippen molar-refractivity contribution in [2.75, 3.05) is 31.9 Å². The number of nitrogens with zero attached hydrogens (tertiary/aromatic N) is 4. The fourth-order valence-electron chi connectivity index (χ4n) is 3.37. The van der Waals surface area contributed by atoms with E-state index in [9.17, 15) is 4.79 Å². The van der Waals surface area contributed by atoms with Crippen molar-refractivity contribution >= 4 is 45.8 Å². The molecule has 0 bridgehead atoms. The van der Waals surface area contributed by atoms with E-state index >= 15 is 0 Å². The number of aromatic nitrogens is 2. The predicted molar refractivity (Wildman–Crippen MR) is 112 cm³/mol. The molecule has 0 aliphatic carbocycles. The van der Waals surface area contributed by atoms with Crippen molar-refractivity contribution in [3.63, 3.8) is 0 Å². The number of piperazine rings is 1. The number of rotatable bonds is 3. The van der Waals surface area contributed by atoms with Crippen molar-refractivity contribution in [3.05, 3.63) is 63.9 Å². The van der Waals surface area contributed by atoms with Gasteiger partial charge in [-0.2, -0.15) is 0 Å². The van der Waals surface area contributed by atoms with Crippen molar-refractivity contribution in [3.8, 4) is 0 Å². The molecule has 3 aromatic rings. The third-order valence-corrected chi connectivity index (χ3v) is 5.70. The van der Waals surface area contributed by atoms with E-state index in [-0.39, 0.29) is 5.91 Å². The van der Waals surface area contributed by atoms with Crippen molar-refractivity contribution in [2.45, 2.75) is 6.54 Å². The molecule has 1 aromatic heterocycles. The number of halogens is 2. The smallest absolute Gasteiger partial charge is 0.255 e. The number of carbonyl (C=O) groups is 1. The van der Waals surface area contributed by atoms with Gasteiger partial charge in [0.15, 0.2) is 0 Å². The number of amides is 1. The van der Waals surface area contributed by atoms with Crippen LogP contribution < -0.4 is 5.73 Å². The highest BCUT2D eigenvalue weighted by Gasteiger charge is 2.24. The van der Waals surface area contributed by atoms with Crippen molar-refractivity contribution < 1.29 is 4.79 Å². The molecule has 2 aromatic carbocycles. The Kier molecular flexibility index (Phi) is 5.35. The lowest BCUT2D eigenvalue weighted by Gasteiger charge is -2.34. The molecule has 0 saturated carbocycles. The molecule has 2 N–H and O–H groups in total. The first-order valence-electron chi connectivity index (χ1n) is 8.99. The van der Waals surface area contributed by atoms with Crippen LogP contribution in [0.3, 0.4) is 0 Å². The average Bonchev–Trinajstić information content (AvgIpc) is 2.70. The number of carbonyl (C=O) groups excluding carboxylic acids is 1. The lowest BCUT2D eigenvalue weighted by atomic mass is 10.1. The highest BCUT2D eigenvalue weighted by molar-refractivity contribution is 6.43. The van der Waals surface area contributed by atoms with E-state index < -0.39 is 0 Å². The third-order valence-electron chi connectivity index (χ3n) is 4.89. The van der Waals surface area contributed by atoms with E-state index in [0.717, 1.165) is 24.0 Å². The number of fused-ring (bicyclic) bond motifs is 1. The summed E-state index contributed by atoms with van der Waals surface area (Å²) in [7, 11) is 0. The minimum atomic E-state index is -0.0988. The van der Waals surface area contributed by atoms with E-state index in [1.54, 1.807) is 23.1 Å². The molecule has 0 atom stereocenters. The van der Waals surface area contributed by atoms with Crippen LogP contribution in [0.15, 0.2) is 42.5 Å². The van der Waals surface area contributed by atoms with E-state index in [4.69, 9.17) is 28.9 Å². The van der Waals surface area contributed by atoms with Gasteiger partial charge in [0.25, 0.3) is 5.91 Å². The lowest BCUT2D eigenvalue weighted by Crippen LogP contribution is -2.48. The van der Waals surface area contributed by atoms with Gasteiger partial charge < -0.3 is 10.6 Å². The van der Waals surface area contributed by atoms with Crippen LogP contribution in [0.4, 0.5) is 5.82 Å². The van der Waals surface area contributed by atoms with Crippen LogP contribution in [0.1, 0.15) is 16.2 Å². The van der Waals surface area contributed by atoms with Crippen LogP contribution in [-0.4, -0.2) is 51.9 Å². The second-order valence-corrected chi connectivity index (χ2v) is 7.50. The number of benzene rings is 2. The van der Waals surface area contributed by atoms with Crippen LogP contribution in [0.2, 0.25) is 10.0 Å². The molecule has 1 amide bonds. The summed E-state index contributed by atoms with van der Waals surface area (Å²) in [6, 6.07) is 12.8. The van der Waals surface area contributed by atoms with Gasteiger partial charge in [0.2, 0.25) is 0 Å². The summed E-state index contributed by atoms with van der Waals surface area (Å²) in [6.07, 6.45) is 0. The number of para-hydroxylation sites is 1. The SMILES string of the molecule is Nc1nc(CN2CCN(C(=O)c3cccc(Cl)c3Cl)CC2)nc2ccccc12. The normalized spacial score (nSPS) is 15.1. The van der Waals surface area contributed by atoms with Gasteiger partial charge in [0.1, 0.15) is 11.6 Å². The van der Waals surface area contributed by atoms with E-state index in [1.165, 1.54) is 0 Å². The Morgan fingerprint density at radius 3 is 2.54 bits per heavy atom. The third kappa shape index (κ3) is 3.76. The first kappa shape index (κ1) is 18.9. The number of hydrogen-bond acceptors (Lipinski definition) is 5. The van der Waals surface area contributed by atoms with Crippen LogP contribution in [0, 0.1) is 0 Å². The second-order valence-electron chi connectivity index (χ2n) is 6.71. The topological polar surface area (TPSA) is 75.3 Å². The van der Waals surface area contributed by atoms with Gasteiger partial charge in [-0.05, 0) is 24.3 Å². The largest absolute Gasteiger partial charge is 0.383 e. The molecular formula is C20H19Cl2N5O. The van der Waals surface area contributed by atoms with Crippen molar-refractivity contribution in [2.24, 2.45) is 0 Å². The minimum Gasteiger partial charge on any atom is -0.383 e. The monoisotopic (exact) mass is 415 g/mol. The average molecular weight is 416 g/mol. The quantitative estimate of drug-likeness (QED) is 0.708.